The van der Waals surface area contributed by atoms with Gasteiger partial charge in [-0.05, 0) is 31.2 Å². The number of methoxy groups -OCH3 is 1. The highest BCUT2D eigenvalue weighted by atomic mass is 16.5. The van der Waals surface area contributed by atoms with Gasteiger partial charge in [0.2, 0.25) is 0 Å². The number of ether oxygens (including phenoxy) is 3. The van der Waals surface area contributed by atoms with Crippen LogP contribution in [0.4, 0.5) is 0 Å². The van der Waals surface area contributed by atoms with E-state index in [1.54, 1.807) is 7.11 Å². The molecule has 1 N–H and O–H groups in total. The number of rotatable bonds is 9. The largest absolute Gasteiger partial charge is 0.493 e. The van der Waals surface area contributed by atoms with Crippen LogP contribution in [0.5, 0.6) is 11.5 Å². The highest BCUT2D eigenvalue weighted by Gasteiger charge is 2.05. The molecule has 0 radical (unpaired) electrons. The van der Waals surface area contributed by atoms with E-state index in [0.717, 1.165) is 31.1 Å². The Bertz CT molecular complexity index is 342. The van der Waals surface area contributed by atoms with E-state index in [9.17, 15) is 0 Å². The Labute approximate surface area is 109 Å². The van der Waals surface area contributed by atoms with E-state index in [2.05, 4.69) is 12.2 Å². The van der Waals surface area contributed by atoms with E-state index in [0.29, 0.717) is 13.2 Å². The lowest BCUT2D eigenvalue weighted by Crippen LogP contribution is -2.09. The average molecular weight is 253 g/mol. The van der Waals surface area contributed by atoms with Gasteiger partial charge in [-0.1, -0.05) is 13.0 Å². The fraction of sp³-hybridized carbons (Fsp3) is 0.571. The van der Waals surface area contributed by atoms with Crippen LogP contribution in [0.15, 0.2) is 18.2 Å². The maximum atomic E-state index is 5.68. The SMILES string of the molecule is CCCOCCOc1cc(CNC)ccc1OC. The Morgan fingerprint density at radius 1 is 1.11 bits per heavy atom. The molecule has 0 saturated carbocycles. The lowest BCUT2D eigenvalue weighted by atomic mass is 10.2. The van der Waals surface area contributed by atoms with Crippen molar-refractivity contribution < 1.29 is 14.2 Å². The molecule has 1 rings (SSSR count). The van der Waals surface area contributed by atoms with Gasteiger partial charge in [0.1, 0.15) is 6.61 Å². The molecule has 0 aliphatic rings. The molecule has 4 heteroatoms. The molecule has 1 aromatic rings. The second-order valence-corrected chi connectivity index (χ2v) is 3.98. The topological polar surface area (TPSA) is 39.7 Å². The van der Waals surface area contributed by atoms with Crippen molar-refractivity contribution in [3.63, 3.8) is 0 Å². The fourth-order valence-electron chi connectivity index (χ4n) is 1.60. The smallest absolute Gasteiger partial charge is 0.161 e. The number of nitrogens with one attached hydrogen (secondary N) is 1. The van der Waals surface area contributed by atoms with Crippen LogP contribution in [0.3, 0.4) is 0 Å². The zero-order valence-electron chi connectivity index (χ0n) is 11.5. The van der Waals surface area contributed by atoms with E-state index in [1.165, 1.54) is 5.56 Å². The Balaban J connectivity index is 2.52. The summed E-state index contributed by atoms with van der Waals surface area (Å²) in [4.78, 5) is 0. The van der Waals surface area contributed by atoms with Crippen molar-refractivity contribution in [2.45, 2.75) is 19.9 Å². The first-order chi connectivity index (χ1) is 8.81. The molecule has 0 aromatic heterocycles. The molecule has 1 aromatic carbocycles. The first-order valence-corrected chi connectivity index (χ1v) is 6.33. The minimum absolute atomic E-state index is 0.541. The molecule has 102 valence electrons. The molecule has 0 fully saturated rings. The summed E-state index contributed by atoms with van der Waals surface area (Å²) in [5.41, 5.74) is 1.17. The standard InChI is InChI=1S/C14H23NO3/c1-4-7-17-8-9-18-14-10-12(11-15-2)5-6-13(14)16-3/h5-6,10,15H,4,7-9,11H2,1-3H3. The number of hydrogen-bond acceptors (Lipinski definition) is 4. The summed E-state index contributed by atoms with van der Waals surface area (Å²) >= 11 is 0. The van der Waals surface area contributed by atoms with Crippen LogP contribution in [0.1, 0.15) is 18.9 Å². The lowest BCUT2D eigenvalue weighted by molar-refractivity contribution is 0.0995. The van der Waals surface area contributed by atoms with E-state index in [4.69, 9.17) is 14.2 Å². The highest BCUT2D eigenvalue weighted by molar-refractivity contribution is 5.42. The normalized spacial score (nSPS) is 10.4. The predicted octanol–water partition coefficient (Wildman–Crippen LogP) is 2.22. The van der Waals surface area contributed by atoms with E-state index in [-0.39, 0.29) is 0 Å². The Hall–Kier alpha value is -1.26. The maximum absolute atomic E-state index is 5.68. The number of hydrogen-bond donors (Lipinski definition) is 1. The van der Waals surface area contributed by atoms with Crippen LogP contribution in [-0.4, -0.2) is 34.0 Å². The van der Waals surface area contributed by atoms with E-state index >= 15 is 0 Å². The van der Waals surface area contributed by atoms with Gasteiger partial charge >= 0.3 is 0 Å². The third-order valence-corrected chi connectivity index (χ3v) is 2.44. The lowest BCUT2D eigenvalue weighted by Gasteiger charge is -2.12. The molecule has 0 unspecified atom stereocenters. The van der Waals surface area contributed by atoms with Crippen molar-refractivity contribution >= 4 is 0 Å². The third-order valence-electron chi connectivity index (χ3n) is 2.44. The molecule has 4 nitrogen and oxygen atoms in total. The first-order valence-electron chi connectivity index (χ1n) is 6.33. The van der Waals surface area contributed by atoms with Gasteiger partial charge in [-0.3, -0.25) is 0 Å². The molecule has 0 aliphatic carbocycles. The second-order valence-electron chi connectivity index (χ2n) is 3.98. The molecule has 0 spiro atoms. The van der Waals surface area contributed by atoms with Crippen molar-refractivity contribution in [3.05, 3.63) is 23.8 Å². The van der Waals surface area contributed by atoms with E-state index in [1.807, 2.05) is 25.2 Å². The van der Waals surface area contributed by atoms with Crippen molar-refractivity contribution in [2.75, 3.05) is 34.0 Å². The van der Waals surface area contributed by atoms with Crippen LogP contribution >= 0.6 is 0 Å². The predicted molar refractivity (Wildman–Crippen MR) is 72.4 cm³/mol. The molecule has 18 heavy (non-hydrogen) atoms. The Kier molecular flexibility index (Phi) is 7.22. The van der Waals surface area contributed by atoms with Crippen LogP contribution in [0.2, 0.25) is 0 Å². The van der Waals surface area contributed by atoms with Crippen molar-refractivity contribution in [1.82, 2.24) is 5.32 Å². The van der Waals surface area contributed by atoms with Crippen LogP contribution in [-0.2, 0) is 11.3 Å². The van der Waals surface area contributed by atoms with Gasteiger partial charge in [-0.15, -0.1) is 0 Å². The van der Waals surface area contributed by atoms with Crippen molar-refractivity contribution in [1.29, 1.82) is 0 Å². The van der Waals surface area contributed by atoms with Gasteiger partial charge in [0.05, 0.1) is 13.7 Å². The maximum Gasteiger partial charge on any atom is 0.161 e. The number of benzene rings is 1. The van der Waals surface area contributed by atoms with Crippen LogP contribution in [0, 0.1) is 0 Å². The molecular formula is C14H23NO3. The average Bonchev–Trinajstić information content (AvgIpc) is 2.39. The molecule has 0 saturated heterocycles. The zero-order valence-corrected chi connectivity index (χ0v) is 11.5. The van der Waals surface area contributed by atoms with Gasteiger partial charge in [0.15, 0.2) is 11.5 Å². The van der Waals surface area contributed by atoms with Crippen molar-refractivity contribution in [2.24, 2.45) is 0 Å². The summed E-state index contributed by atoms with van der Waals surface area (Å²) in [6.45, 7) is 4.82. The minimum Gasteiger partial charge on any atom is -0.493 e. The summed E-state index contributed by atoms with van der Waals surface area (Å²) in [5.74, 6) is 1.52. The van der Waals surface area contributed by atoms with Gasteiger partial charge in [-0.25, -0.2) is 0 Å². The van der Waals surface area contributed by atoms with Gasteiger partial charge in [-0.2, -0.15) is 0 Å². The van der Waals surface area contributed by atoms with Gasteiger partial charge in [0.25, 0.3) is 0 Å². The van der Waals surface area contributed by atoms with Crippen molar-refractivity contribution in [3.8, 4) is 11.5 Å². The third kappa shape index (κ3) is 4.94. The summed E-state index contributed by atoms with van der Waals surface area (Å²) in [6, 6.07) is 5.94. The quantitative estimate of drug-likeness (QED) is 0.685. The minimum atomic E-state index is 0.541. The summed E-state index contributed by atoms with van der Waals surface area (Å²) in [5, 5.41) is 3.11. The first kappa shape index (κ1) is 14.8. The van der Waals surface area contributed by atoms with Crippen LogP contribution < -0.4 is 14.8 Å². The fourth-order valence-corrected chi connectivity index (χ4v) is 1.60. The van der Waals surface area contributed by atoms with E-state index < -0.39 is 0 Å². The highest BCUT2D eigenvalue weighted by Crippen LogP contribution is 2.27. The summed E-state index contributed by atoms with van der Waals surface area (Å²) in [7, 11) is 3.57. The van der Waals surface area contributed by atoms with Crippen LogP contribution in [0.25, 0.3) is 0 Å². The van der Waals surface area contributed by atoms with Gasteiger partial charge < -0.3 is 19.5 Å². The Morgan fingerprint density at radius 3 is 2.61 bits per heavy atom. The summed E-state index contributed by atoms with van der Waals surface area (Å²) < 4.78 is 16.3. The molecule has 0 aliphatic heterocycles. The molecular weight excluding hydrogens is 230 g/mol. The second kappa shape index (κ2) is 8.78. The Morgan fingerprint density at radius 2 is 1.94 bits per heavy atom. The monoisotopic (exact) mass is 253 g/mol. The molecule has 0 heterocycles. The zero-order chi connectivity index (χ0) is 13.2. The van der Waals surface area contributed by atoms with Gasteiger partial charge in [0, 0.05) is 13.2 Å². The molecule has 0 atom stereocenters. The summed E-state index contributed by atoms with van der Waals surface area (Å²) in [6.07, 6.45) is 1.03. The molecule has 0 bridgehead atoms. The molecule has 0 amide bonds.